The third-order valence-corrected chi connectivity index (χ3v) is 3.15. The Morgan fingerprint density at radius 1 is 1.20 bits per heavy atom. The molecule has 0 radical (unpaired) electrons. The number of hydrogen-bond donors (Lipinski definition) is 0. The number of halogens is 1. The summed E-state index contributed by atoms with van der Waals surface area (Å²) in [5.41, 5.74) is 1.01. The van der Waals surface area contributed by atoms with Crippen LogP contribution in [0.15, 0.2) is 46.9 Å². The number of rotatable bonds is 3. The molecule has 0 N–H and O–H groups in total. The lowest BCUT2D eigenvalue weighted by Crippen LogP contribution is -2.09. The first-order valence-corrected chi connectivity index (χ1v) is 6.49. The van der Waals surface area contributed by atoms with E-state index in [1.54, 1.807) is 12.1 Å². The van der Waals surface area contributed by atoms with E-state index >= 15 is 0 Å². The molecule has 0 bridgehead atoms. The molecule has 2 rings (SSSR count). The minimum Gasteiger partial charge on any atom is -0.423 e. The van der Waals surface area contributed by atoms with Gasteiger partial charge in [-0.1, -0.05) is 15.9 Å². The van der Waals surface area contributed by atoms with Gasteiger partial charge in [0.15, 0.2) is 0 Å². The highest BCUT2D eigenvalue weighted by molar-refractivity contribution is 9.10. The quantitative estimate of drug-likeness (QED) is 0.369. The average molecular weight is 336 g/mol. The summed E-state index contributed by atoms with van der Waals surface area (Å²) in [5, 5.41) is 10.5. The van der Waals surface area contributed by atoms with Crippen LogP contribution in [0.3, 0.4) is 0 Å². The first kappa shape index (κ1) is 14.2. The summed E-state index contributed by atoms with van der Waals surface area (Å²) in [6.07, 6.45) is 0. The fourth-order valence-corrected chi connectivity index (χ4v) is 2.08. The molecule has 0 saturated carbocycles. The van der Waals surface area contributed by atoms with Gasteiger partial charge in [-0.25, -0.2) is 4.79 Å². The number of ether oxygens (including phenoxy) is 1. The number of esters is 1. The second-order valence-corrected chi connectivity index (χ2v) is 5.02. The highest BCUT2D eigenvalue weighted by atomic mass is 79.9. The monoisotopic (exact) mass is 335 g/mol. The van der Waals surface area contributed by atoms with E-state index < -0.39 is 10.9 Å². The van der Waals surface area contributed by atoms with E-state index in [4.69, 9.17) is 4.74 Å². The molecule has 6 heteroatoms. The fourth-order valence-electron chi connectivity index (χ4n) is 1.61. The molecule has 0 atom stereocenters. The van der Waals surface area contributed by atoms with Crippen LogP contribution in [0.25, 0.3) is 0 Å². The molecular formula is C14H10BrNO4. The van der Waals surface area contributed by atoms with Gasteiger partial charge in [-0.15, -0.1) is 0 Å². The minimum atomic E-state index is -0.551. The Morgan fingerprint density at radius 3 is 2.40 bits per heavy atom. The molecule has 0 amide bonds. The van der Waals surface area contributed by atoms with Crippen molar-refractivity contribution in [2.24, 2.45) is 0 Å². The highest BCUT2D eigenvalue weighted by Crippen LogP contribution is 2.23. The average Bonchev–Trinajstić information content (AvgIpc) is 2.42. The van der Waals surface area contributed by atoms with Crippen molar-refractivity contribution in [2.45, 2.75) is 6.92 Å². The number of hydrogen-bond acceptors (Lipinski definition) is 4. The Bertz CT molecular complexity index is 667. The second kappa shape index (κ2) is 5.83. The van der Waals surface area contributed by atoms with Crippen molar-refractivity contribution in [1.29, 1.82) is 0 Å². The second-order valence-electron chi connectivity index (χ2n) is 4.10. The van der Waals surface area contributed by atoms with Crippen LogP contribution < -0.4 is 4.74 Å². The van der Waals surface area contributed by atoms with Crippen molar-refractivity contribution in [2.75, 3.05) is 0 Å². The molecule has 0 heterocycles. The van der Waals surface area contributed by atoms with Crippen molar-refractivity contribution in [3.8, 4) is 5.75 Å². The Labute approximate surface area is 123 Å². The number of benzene rings is 2. The Kier molecular flexibility index (Phi) is 4.14. The zero-order chi connectivity index (χ0) is 14.7. The van der Waals surface area contributed by atoms with Gasteiger partial charge in [0.05, 0.1) is 10.5 Å². The molecule has 0 saturated heterocycles. The van der Waals surface area contributed by atoms with Crippen LogP contribution in [0.5, 0.6) is 5.75 Å². The van der Waals surface area contributed by atoms with E-state index in [0.717, 1.165) is 10.0 Å². The van der Waals surface area contributed by atoms with Crippen LogP contribution >= 0.6 is 15.9 Å². The van der Waals surface area contributed by atoms with Gasteiger partial charge in [0, 0.05) is 16.6 Å². The molecule has 0 aliphatic carbocycles. The lowest BCUT2D eigenvalue weighted by molar-refractivity contribution is -0.384. The van der Waals surface area contributed by atoms with Gasteiger partial charge in [-0.05, 0) is 42.8 Å². The van der Waals surface area contributed by atoms with E-state index in [9.17, 15) is 14.9 Å². The molecular weight excluding hydrogens is 326 g/mol. The zero-order valence-electron chi connectivity index (χ0n) is 10.5. The molecule has 0 fully saturated rings. The van der Waals surface area contributed by atoms with Crippen molar-refractivity contribution in [3.63, 3.8) is 0 Å². The summed E-state index contributed by atoms with van der Waals surface area (Å²) >= 11 is 3.32. The third-order valence-electron chi connectivity index (χ3n) is 2.65. The SMILES string of the molecule is Cc1cc(Br)ccc1OC(=O)c1ccc([N+](=O)[O-])cc1. The number of nitro benzene ring substituents is 1. The molecule has 2 aromatic carbocycles. The standard InChI is InChI=1S/C14H10BrNO4/c1-9-8-11(15)4-7-13(9)20-14(17)10-2-5-12(6-3-10)16(18)19/h2-8H,1H3. The van der Waals surface area contributed by atoms with Crippen LogP contribution in [-0.2, 0) is 0 Å². The summed E-state index contributed by atoms with van der Waals surface area (Å²) in [6, 6.07) is 10.6. The normalized spacial score (nSPS) is 10.1. The predicted molar refractivity (Wildman–Crippen MR) is 76.9 cm³/mol. The van der Waals surface area contributed by atoms with Crippen molar-refractivity contribution < 1.29 is 14.5 Å². The number of nitrogens with zero attached hydrogens (tertiary/aromatic N) is 1. The summed E-state index contributed by atoms with van der Waals surface area (Å²) < 4.78 is 6.15. The van der Waals surface area contributed by atoms with Crippen molar-refractivity contribution in [1.82, 2.24) is 0 Å². The van der Waals surface area contributed by atoms with Crippen LogP contribution in [0, 0.1) is 17.0 Å². The maximum absolute atomic E-state index is 11.9. The van der Waals surface area contributed by atoms with Crippen LogP contribution in [0.2, 0.25) is 0 Å². The lowest BCUT2D eigenvalue weighted by Gasteiger charge is -2.07. The number of aryl methyl sites for hydroxylation is 1. The summed E-state index contributed by atoms with van der Waals surface area (Å²) in [5.74, 6) is -0.0955. The summed E-state index contributed by atoms with van der Waals surface area (Å²) in [7, 11) is 0. The van der Waals surface area contributed by atoms with Gasteiger partial charge in [0.25, 0.3) is 5.69 Å². The van der Waals surface area contributed by atoms with E-state index in [1.165, 1.54) is 24.3 Å². The number of non-ortho nitro benzene ring substituents is 1. The minimum absolute atomic E-state index is 0.0682. The van der Waals surface area contributed by atoms with E-state index in [0.29, 0.717) is 5.75 Å². The zero-order valence-corrected chi connectivity index (χ0v) is 12.1. The number of nitro groups is 1. The molecule has 0 aliphatic rings. The summed E-state index contributed by atoms with van der Waals surface area (Å²) in [4.78, 5) is 21.9. The summed E-state index contributed by atoms with van der Waals surface area (Å²) in [6.45, 7) is 1.82. The van der Waals surface area contributed by atoms with Gasteiger partial charge in [-0.2, -0.15) is 0 Å². The molecule has 0 aliphatic heterocycles. The van der Waals surface area contributed by atoms with Gasteiger partial charge >= 0.3 is 5.97 Å². The fraction of sp³-hybridized carbons (Fsp3) is 0.0714. The molecule has 0 unspecified atom stereocenters. The predicted octanol–water partition coefficient (Wildman–Crippen LogP) is 3.88. The maximum Gasteiger partial charge on any atom is 0.343 e. The third kappa shape index (κ3) is 3.21. The Morgan fingerprint density at radius 2 is 1.85 bits per heavy atom. The smallest absolute Gasteiger partial charge is 0.343 e. The Balaban J connectivity index is 2.17. The largest absolute Gasteiger partial charge is 0.423 e. The molecule has 0 spiro atoms. The lowest BCUT2D eigenvalue weighted by atomic mass is 10.2. The first-order valence-electron chi connectivity index (χ1n) is 5.70. The van der Waals surface area contributed by atoms with Crippen molar-refractivity contribution >= 4 is 27.6 Å². The van der Waals surface area contributed by atoms with Crippen LogP contribution in [0.1, 0.15) is 15.9 Å². The van der Waals surface area contributed by atoms with E-state index in [1.807, 2.05) is 13.0 Å². The maximum atomic E-state index is 11.9. The molecule has 2 aromatic rings. The topological polar surface area (TPSA) is 69.4 Å². The first-order chi connectivity index (χ1) is 9.47. The van der Waals surface area contributed by atoms with Gasteiger partial charge < -0.3 is 4.74 Å². The van der Waals surface area contributed by atoms with Crippen LogP contribution in [0.4, 0.5) is 5.69 Å². The van der Waals surface area contributed by atoms with Gasteiger partial charge in [0.1, 0.15) is 5.75 Å². The highest BCUT2D eigenvalue weighted by Gasteiger charge is 2.12. The van der Waals surface area contributed by atoms with Crippen molar-refractivity contribution in [3.05, 3.63) is 68.2 Å². The number of carbonyl (C=O) groups is 1. The van der Waals surface area contributed by atoms with Gasteiger partial charge in [-0.3, -0.25) is 10.1 Å². The Hall–Kier alpha value is -2.21. The molecule has 20 heavy (non-hydrogen) atoms. The molecule has 5 nitrogen and oxygen atoms in total. The number of carbonyl (C=O) groups excluding carboxylic acids is 1. The van der Waals surface area contributed by atoms with Crippen LogP contribution in [-0.4, -0.2) is 10.9 Å². The van der Waals surface area contributed by atoms with E-state index in [-0.39, 0.29) is 11.3 Å². The molecule has 0 aromatic heterocycles. The molecule has 102 valence electrons. The van der Waals surface area contributed by atoms with Gasteiger partial charge in [0.2, 0.25) is 0 Å². The van der Waals surface area contributed by atoms with E-state index in [2.05, 4.69) is 15.9 Å².